The minimum Gasteiger partial charge on any atom is -0.462 e. The van der Waals surface area contributed by atoms with Crippen LogP contribution in [-0.4, -0.2) is 74.9 Å². The number of unbranched alkanes of at least 4 members (excludes halogenated alkanes) is 10. The molecule has 0 bridgehead atoms. The molecule has 10 heteroatoms. The molecule has 0 rings (SSSR count). The molecule has 0 saturated carbocycles. The molecule has 0 aliphatic carbocycles. The van der Waals surface area contributed by atoms with Crippen molar-refractivity contribution < 1.29 is 42.1 Å². The summed E-state index contributed by atoms with van der Waals surface area (Å²) in [5.41, 5.74) is 0. The molecule has 0 aliphatic heterocycles. The van der Waals surface area contributed by atoms with Crippen LogP contribution in [-0.2, 0) is 32.7 Å². The molecule has 0 fully saturated rings. The number of hydrogen-bond acceptors (Lipinski definition) is 7. The molecular weight excluding hydrogens is 737 g/mol. The molecule has 57 heavy (non-hydrogen) atoms. The van der Waals surface area contributed by atoms with Crippen LogP contribution in [0.4, 0.5) is 0 Å². The van der Waals surface area contributed by atoms with Crippen molar-refractivity contribution in [1.82, 2.24) is 0 Å². The number of likely N-dealkylation sites (N-methyl/N-ethyl adjacent to an activating group) is 1. The fourth-order valence-corrected chi connectivity index (χ4v) is 6.03. The molecule has 2 unspecified atom stereocenters. The molecule has 0 aromatic heterocycles. The van der Waals surface area contributed by atoms with Gasteiger partial charge in [0.2, 0.25) is 0 Å². The number of phosphoric acid groups is 1. The van der Waals surface area contributed by atoms with Crippen molar-refractivity contribution in [3.8, 4) is 0 Å². The van der Waals surface area contributed by atoms with Gasteiger partial charge in [-0.1, -0.05) is 150 Å². The number of hydrogen-bond donors (Lipinski definition) is 1. The second-order valence-corrected chi connectivity index (χ2v) is 16.8. The van der Waals surface area contributed by atoms with Crippen molar-refractivity contribution in [3.05, 3.63) is 85.1 Å². The Morgan fingerprint density at radius 3 is 1.49 bits per heavy atom. The molecule has 0 saturated heterocycles. The number of phosphoric ester groups is 1. The van der Waals surface area contributed by atoms with E-state index in [1.165, 1.54) is 6.42 Å². The van der Waals surface area contributed by atoms with Gasteiger partial charge in [-0.15, -0.1) is 0 Å². The molecule has 9 nitrogen and oxygen atoms in total. The fourth-order valence-electron chi connectivity index (χ4n) is 5.29. The zero-order valence-electron chi connectivity index (χ0n) is 36.5. The number of esters is 2. The summed E-state index contributed by atoms with van der Waals surface area (Å²) in [6.45, 7) is 4.18. The summed E-state index contributed by atoms with van der Waals surface area (Å²) in [5.74, 6) is -0.840. The number of allylic oxidation sites excluding steroid dienone is 14. The van der Waals surface area contributed by atoms with Gasteiger partial charge in [0.05, 0.1) is 27.7 Å². The third-order valence-electron chi connectivity index (χ3n) is 8.69. The Balaban J connectivity index is 4.23. The highest BCUT2D eigenvalue weighted by atomic mass is 31.2. The SMILES string of the molecule is CC/C=C\C/C=C\C/C=C\C/C=C\C/C=C\C/C=C\C/C=C\CCCCCCCC(=O)OC(COC(=O)CCCCCCCC)COP(=O)(O)OCC[N+](C)(C)C. The average molecular weight is 819 g/mol. The summed E-state index contributed by atoms with van der Waals surface area (Å²) in [4.78, 5) is 35.1. The maximum absolute atomic E-state index is 12.6. The topological polar surface area (TPSA) is 108 Å². The number of carbonyl (C=O) groups excluding carboxylic acids is 2. The molecule has 0 aromatic rings. The van der Waals surface area contributed by atoms with Gasteiger partial charge in [0.15, 0.2) is 6.10 Å². The van der Waals surface area contributed by atoms with E-state index in [2.05, 4.69) is 98.9 Å². The van der Waals surface area contributed by atoms with Crippen molar-refractivity contribution in [1.29, 1.82) is 0 Å². The summed E-state index contributed by atoms with van der Waals surface area (Å²) >= 11 is 0. The second kappa shape index (κ2) is 38.7. The van der Waals surface area contributed by atoms with Crippen LogP contribution in [0.2, 0.25) is 0 Å². The maximum atomic E-state index is 12.6. The van der Waals surface area contributed by atoms with Crippen LogP contribution in [0.25, 0.3) is 0 Å². The summed E-state index contributed by atoms with van der Waals surface area (Å²) in [6, 6.07) is 0. The summed E-state index contributed by atoms with van der Waals surface area (Å²) < 4.78 is 34.1. The van der Waals surface area contributed by atoms with E-state index in [9.17, 15) is 19.0 Å². The average Bonchev–Trinajstić information content (AvgIpc) is 3.16. The van der Waals surface area contributed by atoms with E-state index in [1.54, 1.807) is 0 Å². The lowest BCUT2D eigenvalue weighted by Crippen LogP contribution is -2.37. The molecule has 0 aromatic carbocycles. The van der Waals surface area contributed by atoms with Gasteiger partial charge >= 0.3 is 19.8 Å². The van der Waals surface area contributed by atoms with E-state index in [4.69, 9.17) is 18.5 Å². The first kappa shape index (κ1) is 54.2. The van der Waals surface area contributed by atoms with Crippen LogP contribution in [0, 0.1) is 0 Å². The monoisotopic (exact) mass is 819 g/mol. The smallest absolute Gasteiger partial charge is 0.462 e. The Bertz CT molecular complexity index is 1240. The predicted octanol–water partition coefficient (Wildman–Crippen LogP) is 12.4. The van der Waals surface area contributed by atoms with Crippen LogP contribution in [0.3, 0.4) is 0 Å². The molecule has 0 aliphatic rings. The molecule has 0 spiro atoms. The van der Waals surface area contributed by atoms with E-state index in [0.717, 1.165) is 109 Å². The van der Waals surface area contributed by atoms with E-state index < -0.39 is 26.5 Å². The fraction of sp³-hybridized carbons (Fsp3) is 0.660. The van der Waals surface area contributed by atoms with Gasteiger partial charge in [-0.05, 0) is 70.6 Å². The van der Waals surface area contributed by atoms with E-state index in [-0.39, 0.29) is 32.0 Å². The third kappa shape index (κ3) is 42.6. The van der Waals surface area contributed by atoms with E-state index >= 15 is 0 Å². The minimum absolute atomic E-state index is 0.0234. The molecule has 1 N–H and O–H groups in total. The molecule has 0 heterocycles. The molecular formula is C47H81NO8P+. The van der Waals surface area contributed by atoms with Crippen molar-refractivity contribution >= 4 is 19.8 Å². The zero-order chi connectivity index (χ0) is 42.1. The highest BCUT2D eigenvalue weighted by molar-refractivity contribution is 7.47. The van der Waals surface area contributed by atoms with Crippen molar-refractivity contribution in [3.63, 3.8) is 0 Å². The molecule has 326 valence electrons. The largest absolute Gasteiger partial charge is 0.472 e. The predicted molar refractivity (Wildman–Crippen MR) is 238 cm³/mol. The summed E-state index contributed by atoms with van der Waals surface area (Å²) in [7, 11) is 1.45. The Morgan fingerprint density at radius 1 is 0.561 bits per heavy atom. The number of quaternary nitrogens is 1. The lowest BCUT2D eigenvalue weighted by atomic mass is 10.1. The highest BCUT2D eigenvalue weighted by Gasteiger charge is 2.27. The van der Waals surface area contributed by atoms with Crippen LogP contribution in [0.15, 0.2) is 85.1 Å². The number of carbonyl (C=O) groups is 2. The minimum atomic E-state index is -4.38. The Labute approximate surface area is 348 Å². The van der Waals surface area contributed by atoms with Gasteiger partial charge in [-0.3, -0.25) is 18.6 Å². The highest BCUT2D eigenvalue weighted by Crippen LogP contribution is 2.43. The quantitative estimate of drug-likeness (QED) is 0.0216. The summed E-state index contributed by atoms with van der Waals surface area (Å²) in [6.07, 6.45) is 49.5. The van der Waals surface area contributed by atoms with Gasteiger partial charge < -0.3 is 18.9 Å². The normalized spacial score (nSPS) is 14.4. The van der Waals surface area contributed by atoms with Crippen LogP contribution < -0.4 is 0 Å². The zero-order valence-corrected chi connectivity index (χ0v) is 37.4. The number of rotatable bonds is 38. The Hall–Kier alpha value is -2.81. The second-order valence-electron chi connectivity index (χ2n) is 15.4. The van der Waals surface area contributed by atoms with E-state index in [0.29, 0.717) is 17.4 Å². The molecule has 0 amide bonds. The van der Waals surface area contributed by atoms with Gasteiger partial charge in [0, 0.05) is 12.8 Å². The van der Waals surface area contributed by atoms with Crippen LogP contribution in [0.1, 0.15) is 149 Å². The van der Waals surface area contributed by atoms with Gasteiger partial charge in [0.1, 0.15) is 19.8 Å². The van der Waals surface area contributed by atoms with Gasteiger partial charge in [-0.2, -0.15) is 0 Å². The standard InChI is InChI=1S/C47H80NO8P/c1-6-8-10-12-14-15-16-17-18-19-20-21-22-23-24-25-26-27-28-29-30-31-32-33-34-36-38-40-47(50)56-45(43-53-46(49)39-37-35-13-11-9-7-2)44-55-57(51,52)54-42-41-48(3,4)5/h8,10,14-15,17-18,20-21,23-24,26-27,29-30,45H,6-7,9,11-13,16,19,22,25,28,31-44H2,1-5H3/p+1/b10-8-,15-14-,18-17-,21-20-,24-23-,27-26-,30-29-. The first-order valence-electron chi connectivity index (χ1n) is 21.8. The molecule has 0 radical (unpaired) electrons. The van der Waals surface area contributed by atoms with Crippen molar-refractivity contribution in [2.45, 2.75) is 155 Å². The third-order valence-corrected chi connectivity index (χ3v) is 9.67. The summed E-state index contributed by atoms with van der Waals surface area (Å²) in [5, 5.41) is 0. The Kier molecular flexibility index (Phi) is 36.8. The van der Waals surface area contributed by atoms with E-state index in [1.807, 2.05) is 21.1 Å². The van der Waals surface area contributed by atoms with Gasteiger partial charge in [-0.25, -0.2) is 4.57 Å². The molecule has 2 atom stereocenters. The first-order valence-corrected chi connectivity index (χ1v) is 23.3. The first-order chi connectivity index (χ1) is 27.5. The van der Waals surface area contributed by atoms with Crippen LogP contribution >= 0.6 is 7.82 Å². The Morgan fingerprint density at radius 2 is 1.00 bits per heavy atom. The number of nitrogens with zero attached hydrogens (tertiary/aromatic N) is 1. The van der Waals surface area contributed by atoms with Gasteiger partial charge in [0.25, 0.3) is 0 Å². The van der Waals surface area contributed by atoms with Crippen LogP contribution in [0.5, 0.6) is 0 Å². The lowest BCUT2D eigenvalue weighted by molar-refractivity contribution is -0.870. The maximum Gasteiger partial charge on any atom is 0.472 e. The number of ether oxygens (including phenoxy) is 2. The lowest BCUT2D eigenvalue weighted by Gasteiger charge is -2.24. The van der Waals surface area contributed by atoms with Crippen molar-refractivity contribution in [2.24, 2.45) is 0 Å². The van der Waals surface area contributed by atoms with Crippen molar-refractivity contribution in [2.75, 3.05) is 47.5 Å².